The molecule has 0 aliphatic heterocycles. The molecule has 2 N–H and O–H groups in total. The Bertz CT molecular complexity index is 111. The molecule has 0 radical (unpaired) electrons. The lowest BCUT2D eigenvalue weighted by atomic mass is 9.78. The topological polar surface area (TPSA) is 40.5 Å². The molecule has 0 fully saturated rings. The van der Waals surface area contributed by atoms with E-state index in [9.17, 15) is 10.2 Å². The first-order valence-electron chi connectivity index (χ1n) is 5.35. The molecule has 2 heteroatoms. The lowest BCUT2D eigenvalue weighted by molar-refractivity contribution is 0.0307. The van der Waals surface area contributed by atoms with Crippen LogP contribution >= 0.6 is 0 Å². The van der Waals surface area contributed by atoms with Crippen LogP contribution in [0.1, 0.15) is 46.5 Å². The third-order valence-electron chi connectivity index (χ3n) is 2.98. The van der Waals surface area contributed by atoms with Gasteiger partial charge in [-0.05, 0) is 18.8 Å². The highest BCUT2D eigenvalue weighted by Crippen LogP contribution is 2.30. The minimum absolute atomic E-state index is 0.105. The lowest BCUT2D eigenvalue weighted by Gasteiger charge is -2.31. The van der Waals surface area contributed by atoms with Gasteiger partial charge in [0.25, 0.3) is 0 Å². The summed E-state index contributed by atoms with van der Waals surface area (Å²) in [6, 6.07) is 0. The van der Waals surface area contributed by atoms with Crippen LogP contribution in [0.5, 0.6) is 0 Å². The maximum absolute atomic E-state index is 9.23. The number of aliphatic hydroxyl groups is 2. The molecule has 0 bridgehead atoms. The van der Waals surface area contributed by atoms with E-state index < -0.39 is 0 Å². The number of hydrogen-bond acceptors (Lipinski definition) is 2. The highest BCUT2D eigenvalue weighted by molar-refractivity contribution is 4.78. The molecule has 80 valence electrons. The molecule has 0 saturated carbocycles. The summed E-state index contributed by atoms with van der Waals surface area (Å²) in [6.45, 7) is 6.61. The molecule has 0 aromatic carbocycles. The summed E-state index contributed by atoms with van der Waals surface area (Å²) >= 11 is 0. The van der Waals surface area contributed by atoms with Crippen LogP contribution in [0.25, 0.3) is 0 Å². The fourth-order valence-electron chi connectivity index (χ4n) is 1.88. The van der Waals surface area contributed by atoms with E-state index in [1.54, 1.807) is 0 Å². The molecule has 0 aromatic rings. The molecule has 0 amide bonds. The van der Waals surface area contributed by atoms with Gasteiger partial charge in [-0.1, -0.05) is 33.6 Å². The number of rotatable bonds is 7. The lowest BCUT2D eigenvalue weighted by Crippen LogP contribution is -2.31. The summed E-state index contributed by atoms with van der Waals surface area (Å²) in [5, 5.41) is 18.5. The normalized spacial score (nSPS) is 14.5. The summed E-state index contributed by atoms with van der Waals surface area (Å²) in [4.78, 5) is 0. The molecular weight excluding hydrogens is 164 g/mol. The van der Waals surface area contributed by atoms with E-state index in [-0.39, 0.29) is 18.6 Å². The first-order chi connectivity index (χ1) is 6.14. The fraction of sp³-hybridized carbons (Fsp3) is 1.00. The molecule has 0 aromatic heterocycles. The Hall–Kier alpha value is -0.0800. The molecule has 0 rings (SSSR count). The second-order valence-corrected chi connectivity index (χ2v) is 4.27. The van der Waals surface area contributed by atoms with Crippen LogP contribution in [0.4, 0.5) is 0 Å². The van der Waals surface area contributed by atoms with E-state index in [1.165, 1.54) is 12.8 Å². The molecule has 2 nitrogen and oxygen atoms in total. The standard InChI is InChI=1S/C11H24O2/c1-4-6-10(3)7-11(5-2,8-12)9-13/h10,12-13H,4-9H2,1-3H3. The van der Waals surface area contributed by atoms with Crippen molar-refractivity contribution in [2.24, 2.45) is 11.3 Å². The zero-order valence-corrected chi connectivity index (χ0v) is 9.21. The van der Waals surface area contributed by atoms with Gasteiger partial charge in [-0.15, -0.1) is 0 Å². The van der Waals surface area contributed by atoms with Crippen LogP contribution in [0.15, 0.2) is 0 Å². The Morgan fingerprint density at radius 2 is 1.69 bits per heavy atom. The first-order valence-corrected chi connectivity index (χ1v) is 5.35. The SMILES string of the molecule is CCCC(C)CC(CC)(CO)CO. The Morgan fingerprint density at radius 3 is 2.00 bits per heavy atom. The first kappa shape index (κ1) is 12.9. The molecule has 0 heterocycles. The second kappa shape index (κ2) is 6.39. The minimum Gasteiger partial charge on any atom is -0.396 e. The third kappa shape index (κ3) is 4.10. The maximum Gasteiger partial charge on any atom is 0.0509 e. The van der Waals surface area contributed by atoms with Crippen LogP contribution in [0.3, 0.4) is 0 Å². The van der Waals surface area contributed by atoms with Gasteiger partial charge in [0.05, 0.1) is 13.2 Å². The Kier molecular flexibility index (Phi) is 6.35. The zero-order chi connectivity index (χ0) is 10.3. The molecule has 0 aliphatic carbocycles. The predicted molar refractivity (Wildman–Crippen MR) is 55.6 cm³/mol. The molecule has 0 saturated heterocycles. The molecule has 1 atom stereocenters. The summed E-state index contributed by atoms with van der Waals surface area (Å²) in [7, 11) is 0. The molecule has 1 unspecified atom stereocenters. The van der Waals surface area contributed by atoms with Gasteiger partial charge in [0.15, 0.2) is 0 Å². The van der Waals surface area contributed by atoms with Crippen LogP contribution in [-0.2, 0) is 0 Å². The van der Waals surface area contributed by atoms with E-state index in [1.807, 2.05) is 6.92 Å². The van der Waals surface area contributed by atoms with Crippen molar-refractivity contribution in [3.8, 4) is 0 Å². The van der Waals surface area contributed by atoms with Gasteiger partial charge in [0.2, 0.25) is 0 Å². The highest BCUT2D eigenvalue weighted by atomic mass is 16.3. The van der Waals surface area contributed by atoms with Gasteiger partial charge in [-0.2, -0.15) is 0 Å². The highest BCUT2D eigenvalue weighted by Gasteiger charge is 2.28. The zero-order valence-electron chi connectivity index (χ0n) is 9.21. The van der Waals surface area contributed by atoms with Crippen molar-refractivity contribution < 1.29 is 10.2 Å². The van der Waals surface area contributed by atoms with Crippen LogP contribution in [0.2, 0.25) is 0 Å². The number of aliphatic hydroxyl groups excluding tert-OH is 2. The van der Waals surface area contributed by atoms with E-state index >= 15 is 0 Å². The Labute approximate surface area is 82.0 Å². The maximum atomic E-state index is 9.23. The van der Waals surface area contributed by atoms with Crippen molar-refractivity contribution in [3.63, 3.8) is 0 Å². The molecule has 13 heavy (non-hydrogen) atoms. The van der Waals surface area contributed by atoms with Crippen molar-refractivity contribution in [1.82, 2.24) is 0 Å². The predicted octanol–water partition coefficient (Wildman–Crippen LogP) is 2.19. The molecular formula is C11H24O2. The summed E-state index contributed by atoms with van der Waals surface area (Å²) in [5.41, 5.74) is -0.241. The summed E-state index contributed by atoms with van der Waals surface area (Å²) < 4.78 is 0. The van der Waals surface area contributed by atoms with Crippen molar-refractivity contribution in [1.29, 1.82) is 0 Å². The average molecular weight is 188 g/mol. The van der Waals surface area contributed by atoms with Gasteiger partial charge in [-0.3, -0.25) is 0 Å². The second-order valence-electron chi connectivity index (χ2n) is 4.27. The van der Waals surface area contributed by atoms with Crippen molar-refractivity contribution in [2.75, 3.05) is 13.2 Å². The summed E-state index contributed by atoms with van der Waals surface area (Å²) in [6.07, 6.45) is 4.15. The van der Waals surface area contributed by atoms with E-state index in [2.05, 4.69) is 13.8 Å². The van der Waals surface area contributed by atoms with Gasteiger partial charge in [0, 0.05) is 5.41 Å². The van der Waals surface area contributed by atoms with Gasteiger partial charge in [0.1, 0.15) is 0 Å². The van der Waals surface area contributed by atoms with E-state index in [0.717, 1.165) is 12.8 Å². The van der Waals surface area contributed by atoms with Crippen molar-refractivity contribution in [3.05, 3.63) is 0 Å². The van der Waals surface area contributed by atoms with E-state index in [4.69, 9.17) is 0 Å². The molecule has 0 spiro atoms. The third-order valence-corrected chi connectivity index (χ3v) is 2.98. The van der Waals surface area contributed by atoms with Crippen LogP contribution in [-0.4, -0.2) is 23.4 Å². The smallest absolute Gasteiger partial charge is 0.0509 e. The Morgan fingerprint density at radius 1 is 1.15 bits per heavy atom. The monoisotopic (exact) mass is 188 g/mol. The van der Waals surface area contributed by atoms with Crippen molar-refractivity contribution >= 4 is 0 Å². The average Bonchev–Trinajstić information content (AvgIpc) is 2.15. The quantitative estimate of drug-likeness (QED) is 0.643. The number of hydrogen-bond donors (Lipinski definition) is 2. The van der Waals surface area contributed by atoms with Gasteiger partial charge < -0.3 is 10.2 Å². The largest absolute Gasteiger partial charge is 0.396 e. The minimum atomic E-state index is -0.241. The molecule has 0 aliphatic rings. The van der Waals surface area contributed by atoms with Crippen LogP contribution in [0, 0.1) is 11.3 Å². The summed E-state index contributed by atoms with van der Waals surface area (Å²) in [5.74, 6) is 0.601. The Balaban J connectivity index is 4.07. The van der Waals surface area contributed by atoms with Gasteiger partial charge in [-0.25, -0.2) is 0 Å². The van der Waals surface area contributed by atoms with Crippen molar-refractivity contribution in [2.45, 2.75) is 46.5 Å². The van der Waals surface area contributed by atoms with E-state index in [0.29, 0.717) is 5.92 Å². The van der Waals surface area contributed by atoms with Crippen LogP contribution < -0.4 is 0 Å². The van der Waals surface area contributed by atoms with Gasteiger partial charge >= 0.3 is 0 Å². The fourth-order valence-corrected chi connectivity index (χ4v) is 1.88.